The molecule has 32 heavy (non-hydrogen) atoms. The van der Waals surface area contributed by atoms with E-state index in [2.05, 4.69) is 16.0 Å². The molecule has 3 N–H and O–H groups in total. The lowest BCUT2D eigenvalue weighted by atomic mass is 10.1. The number of thiophene rings is 1. The van der Waals surface area contributed by atoms with E-state index in [1.807, 2.05) is 58.0 Å². The molecule has 3 aromatic rings. The van der Waals surface area contributed by atoms with Gasteiger partial charge in [0.05, 0.1) is 15.4 Å². The van der Waals surface area contributed by atoms with Gasteiger partial charge in [0, 0.05) is 10.9 Å². The second-order valence-electron chi connectivity index (χ2n) is 8.19. The van der Waals surface area contributed by atoms with Crippen LogP contribution in [0.15, 0.2) is 42.5 Å². The van der Waals surface area contributed by atoms with Gasteiger partial charge in [0.1, 0.15) is 10.6 Å². The Kier molecular flexibility index (Phi) is 7.38. The van der Waals surface area contributed by atoms with E-state index < -0.39 is 0 Å². The van der Waals surface area contributed by atoms with Crippen molar-refractivity contribution in [2.45, 2.75) is 33.2 Å². The first kappa shape index (κ1) is 24.0. The summed E-state index contributed by atoms with van der Waals surface area (Å²) in [6.45, 7) is 7.45. The van der Waals surface area contributed by atoms with Crippen LogP contribution in [0.1, 0.15) is 36.0 Å². The summed E-state index contributed by atoms with van der Waals surface area (Å²) in [6.07, 6.45) is 0. The van der Waals surface area contributed by atoms with E-state index in [4.69, 9.17) is 28.6 Å². The summed E-state index contributed by atoms with van der Waals surface area (Å²) in [5, 5.41) is 9.80. The molecule has 2 amide bonds. The fraction of sp³-hybridized carbons (Fsp3) is 0.261. The molecule has 0 unspecified atom stereocenters. The molecule has 0 fully saturated rings. The first-order valence-corrected chi connectivity index (χ1v) is 11.5. The highest BCUT2D eigenvalue weighted by Gasteiger charge is 2.22. The van der Waals surface area contributed by atoms with Gasteiger partial charge in [-0.1, -0.05) is 41.9 Å². The average Bonchev–Trinajstić information content (AvgIpc) is 3.04. The average molecular weight is 490 g/mol. The molecule has 0 bridgehead atoms. The summed E-state index contributed by atoms with van der Waals surface area (Å²) in [6, 6.07) is 12.9. The number of rotatable bonds is 5. The molecule has 2 aromatic carbocycles. The lowest BCUT2D eigenvalue weighted by Crippen LogP contribution is -2.40. The Balaban J connectivity index is 1.69. The van der Waals surface area contributed by atoms with E-state index in [0.29, 0.717) is 21.3 Å². The molecule has 0 saturated carbocycles. The number of nitrogens with one attached hydrogen (secondary N) is 3. The van der Waals surface area contributed by atoms with Crippen LogP contribution in [0.4, 0.5) is 5.69 Å². The molecule has 0 spiro atoms. The first-order valence-electron chi connectivity index (χ1n) is 9.88. The van der Waals surface area contributed by atoms with Crippen LogP contribution in [0.3, 0.4) is 0 Å². The van der Waals surface area contributed by atoms with Gasteiger partial charge in [-0.05, 0) is 57.6 Å². The van der Waals surface area contributed by atoms with Crippen molar-refractivity contribution >= 4 is 67.9 Å². The summed E-state index contributed by atoms with van der Waals surface area (Å²) in [5.74, 6) is 0.0202. The predicted octanol–water partition coefficient (Wildman–Crippen LogP) is 5.28. The molecule has 1 aromatic heterocycles. The maximum absolute atomic E-state index is 12.6. The van der Waals surface area contributed by atoms with Crippen molar-refractivity contribution in [1.29, 1.82) is 0 Å². The number of thiocarbonyl (C=S) groups is 1. The molecular weight excluding hydrogens is 466 g/mol. The van der Waals surface area contributed by atoms with E-state index in [1.165, 1.54) is 11.3 Å². The molecule has 0 aliphatic rings. The number of benzene rings is 2. The van der Waals surface area contributed by atoms with Gasteiger partial charge in [0.15, 0.2) is 11.7 Å². The largest absolute Gasteiger partial charge is 0.483 e. The minimum absolute atomic E-state index is 0.126. The van der Waals surface area contributed by atoms with Gasteiger partial charge >= 0.3 is 0 Å². The summed E-state index contributed by atoms with van der Waals surface area (Å²) in [4.78, 5) is 25.3. The van der Waals surface area contributed by atoms with Crippen molar-refractivity contribution in [2.24, 2.45) is 0 Å². The fourth-order valence-electron chi connectivity index (χ4n) is 2.91. The Morgan fingerprint density at radius 2 is 1.84 bits per heavy atom. The third-order valence-electron chi connectivity index (χ3n) is 4.30. The summed E-state index contributed by atoms with van der Waals surface area (Å²) in [7, 11) is 0. The number of ether oxygens (including phenoxy) is 1. The lowest BCUT2D eigenvalue weighted by molar-refractivity contribution is -0.121. The first-order chi connectivity index (χ1) is 15.0. The summed E-state index contributed by atoms with van der Waals surface area (Å²) in [5.41, 5.74) is 1.20. The number of fused-ring (bicyclic) bond motifs is 1. The molecule has 0 saturated heterocycles. The Bertz CT molecular complexity index is 1180. The van der Waals surface area contributed by atoms with Crippen molar-refractivity contribution in [2.75, 3.05) is 11.9 Å². The van der Waals surface area contributed by atoms with Gasteiger partial charge < -0.3 is 15.4 Å². The normalized spacial score (nSPS) is 11.2. The van der Waals surface area contributed by atoms with Crippen LogP contribution in [0.25, 0.3) is 10.1 Å². The molecule has 0 aliphatic heterocycles. The summed E-state index contributed by atoms with van der Waals surface area (Å²) >= 11 is 13.0. The van der Waals surface area contributed by atoms with Crippen LogP contribution < -0.4 is 20.7 Å². The zero-order chi connectivity index (χ0) is 23.5. The van der Waals surface area contributed by atoms with Crippen molar-refractivity contribution in [3.8, 4) is 5.75 Å². The Labute approximate surface area is 201 Å². The highest BCUT2D eigenvalue weighted by atomic mass is 35.5. The maximum atomic E-state index is 12.6. The van der Waals surface area contributed by atoms with Crippen LogP contribution in [0, 0.1) is 6.92 Å². The Morgan fingerprint density at radius 1 is 1.12 bits per heavy atom. The van der Waals surface area contributed by atoms with Crippen molar-refractivity contribution < 1.29 is 14.3 Å². The Morgan fingerprint density at radius 3 is 2.53 bits per heavy atom. The third kappa shape index (κ3) is 5.97. The lowest BCUT2D eigenvalue weighted by Gasteiger charge is -2.19. The van der Waals surface area contributed by atoms with Gasteiger partial charge in [0.25, 0.3) is 11.8 Å². The number of hydrogen-bond acceptors (Lipinski definition) is 5. The number of amides is 2. The quantitative estimate of drug-likeness (QED) is 0.425. The standard InChI is InChI=1S/C23H24ClN3O3S2/c1-13-8-5-6-11-16(13)30-12-17(28)26-22(31)25-15-10-7-9-14-18(24)20(32-19(14)15)21(29)27-23(2,3)4/h5-11H,12H2,1-4H3,(H,27,29)(H2,25,26,28,31). The molecule has 168 valence electrons. The topological polar surface area (TPSA) is 79.5 Å². The number of carbonyl (C=O) groups is 2. The van der Waals surface area contributed by atoms with Crippen LogP contribution in [-0.4, -0.2) is 29.1 Å². The minimum atomic E-state index is -0.385. The monoisotopic (exact) mass is 489 g/mol. The minimum Gasteiger partial charge on any atom is -0.483 e. The highest BCUT2D eigenvalue weighted by molar-refractivity contribution is 7.80. The second kappa shape index (κ2) is 9.85. The number of halogens is 1. The fourth-order valence-corrected chi connectivity index (χ4v) is 4.60. The van der Waals surface area contributed by atoms with Crippen LogP contribution in [0.2, 0.25) is 5.02 Å². The summed E-state index contributed by atoms with van der Waals surface area (Å²) < 4.78 is 6.31. The second-order valence-corrected chi connectivity index (χ2v) is 9.99. The molecule has 6 nitrogen and oxygen atoms in total. The van der Waals surface area contributed by atoms with Gasteiger partial charge in [-0.25, -0.2) is 0 Å². The zero-order valence-corrected chi connectivity index (χ0v) is 20.6. The van der Waals surface area contributed by atoms with Crippen molar-refractivity contribution in [3.63, 3.8) is 0 Å². The number of aryl methyl sites for hydroxylation is 1. The molecule has 3 rings (SSSR count). The van der Waals surface area contributed by atoms with E-state index in [0.717, 1.165) is 15.6 Å². The Hall–Kier alpha value is -2.68. The van der Waals surface area contributed by atoms with E-state index in [1.54, 1.807) is 12.1 Å². The van der Waals surface area contributed by atoms with Gasteiger partial charge in [-0.2, -0.15) is 0 Å². The SMILES string of the molecule is Cc1ccccc1OCC(=O)NC(=S)Nc1cccc2c(Cl)c(C(=O)NC(C)(C)C)sc12. The van der Waals surface area contributed by atoms with Crippen molar-refractivity contribution in [3.05, 3.63) is 57.9 Å². The van der Waals surface area contributed by atoms with Crippen LogP contribution >= 0.6 is 35.2 Å². The molecule has 0 radical (unpaired) electrons. The van der Waals surface area contributed by atoms with Gasteiger partial charge in [0.2, 0.25) is 0 Å². The number of para-hydroxylation sites is 1. The smallest absolute Gasteiger partial charge is 0.264 e. The molecular formula is C23H24ClN3O3S2. The number of hydrogen-bond donors (Lipinski definition) is 3. The predicted molar refractivity (Wildman–Crippen MR) is 135 cm³/mol. The molecule has 0 aliphatic carbocycles. The molecule has 0 atom stereocenters. The molecule has 9 heteroatoms. The van der Waals surface area contributed by atoms with Gasteiger partial charge in [-0.15, -0.1) is 11.3 Å². The number of anilines is 1. The number of carbonyl (C=O) groups excluding carboxylic acids is 2. The van der Waals surface area contributed by atoms with Crippen LogP contribution in [0.5, 0.6) is 5.75 Å². The third-order valence-corrected chi connectivity index (χ3v) is 6.25. The van der Waals surface area contributed by atoms with E-state index >= 15 is 0 Å². The van der Waals surface area contributed by atoms with Crippen LogP contribution in [-0.2, 0) is 4.79 Å². The highest BCUT2D eigenvalue weighted by Crippen LogP contribution is 2.39. The van der Waals surface area contributed by atoms with E-state index in [9.17, 15) is 9.59 Å². The van der Waals surface area contributed by atoms with Gasteiger partial charge in [-0.3, -0.25) is 14.9 Å². The van der Waals surface area contributed by atoms with E-state index in [-0.39, 0.29) is 29.1 Å². The zero-order valence-electron chi connectivity index (χ0n) is 18.2. The van der Waals surface area contributed by atoms with Crippen molar-refractivity contribution in [1.82, 2.24) is 10.6 Å². The molecule has 1 heterocycles. The maximum Gasteiger partial charge on any atom is 0.264 e.